The molecule has 0 fully saturated rings. The van der Waals surface area contributed by atoms with Gasteiger partial charge in [0.05, 0.1) is 23.9 Å². The predicted octanol–water partition coefficient (Wildman–Crippen LogP) is 2.62. The van der Waals surface area contributed by atoms with Crippen LogP contribution in [0.2, 0.25) is 0 Å². The van der Waals surface area contributed by atoms with Crippen LogP contribution < -0.4 is 4.74 Å². The number of nitrogens with zero attached hydrogens (tertiary/aromatic N) is 2. The third kappa shape index (κ3) is 3.03. The highest BCUT2D eigenvalue weighted by Gasteiger charge is 2.10. The van der Waals surface area contributed by atoms with E-state index < -0.39 is 11.9 Å². The van der Waals surface area contributed by atoms with E-state index >= 15 is 0 Å². The molecule has 0 unspecified atom stereocenters. The van der Waals surface area contributed by atoms with E-state index in [1.165, 1.54) is 12.1 Å². The van der Waals surface area contributed by atoms with Gasteiger partial charge in [-0.25, -0.2) is 9.37 Å². The van der Waals surface area contributed by atoms with E-state index in [0.29, 0.717) is 6.54 Å². The average molecular weight is 286 g/mol. The number of hydrogen-bond acceptors (Lipinski definition) is 3. The third-order valence-electron chi connectivity index (χ3n) is 3.20. The molecule has 0 saturated heterocycles. The number of aliphatic hydroxyl groups is 1. The summed E-state index contributed by atoms with van der Waals surface area (Å²) in [4.78, 5) is 4.26. The van der Waals surface area contributed by atoms with E-state index in [9.17, 15) is 9.50 Å². The molecule has 0 bridgehead atoms. The van der Waals surface area contributed by atoms with Gasteiger partial charge in [-0.15, -0.1) is 0 Å². The number of hydrogen-bond donors (Lipinski definition) is 1. The molecular weight excluding hydrogens is 271 g/mol. The lowest BCUT2D eigenvalue weighted by atomic mass is 10.3. The lowest BCUT2D eigenvalue weighted by molar-refractivity contribution is 0.0914. The Morgan fingerprint density at radius 1 is 1.14 bits per heavy atom. The summed E-state index contributed by atoms with van der Waals surface area (Å²) in [5.74, 6) is -0.287. The molecule has 0 radical (unpaired) electrons. The molecular formula is C16H15FN2O2. The van der Waals surface area contributed by atoms with Crippen molar-refractivity contribution in [3.05, 3.63) is 60.7 Å². The number of aromatic nitrogens is 2. The molecule has 0 saturated carbocycles. The van der Waals surface area contributed by atoms with E-state index in [1.54, 1.807) is 18.5 Å². The van der Waals surface area contributed by atoms with Crippen LogP contribution in [0.5, 0.6) is 5.75 Å². The number of fused-ring (bicyclic) bond motifs is 1. The standard InChI is InChI=1S/C16H15FN2O2/c17-13-5-1-4-8-16(13)21-10-12(20)9-19-11-18-14-6-2-3-7-15(14)19/h1-8,11-12,20H,9-10H2/t12-/m0/s1. The summed E-state index contributed by atoms with van der Waals surface area (Å²) < 4.78 is 20.6. The van der Waals surface area contributed by atoms with E-state index in [2.05, 4.69) is 4.98 Å². The highest BCUT2D eigenvalue weighted by molar-refractivity contribution is 5.74. The Morgan fingerprint density at radius 3 is 2.76 bits per heavy atom. The minimum Gasteiger partial charge on any atom is -0.488 e. The molecule has 0 spiro atoms. The van der Waals surface area contributed by atoms with Crippen LogP contribution in [0, 0.1) is 5.82 Å². The first kappa shape index (κ1) is 13.6. The topological polar surface area (TPSA) is 47.3 Å². The van der Waals surface area contributed by atoms with E-state index in [0.717, 1.165) is 11.0 Å². The first-order valence-electron chi connectivity index (χ1n) is 6.69. The summed E-state index contributed by atoms with van der Waals surface area (Å²) in [5, 5.41) is 10.0. The van der Waals surface area contributed by atoms with Gasteiger partial charge in [-0.1, -0.05) is 24.3 Å². The number of imidazole rings is 1. The number of halogens is 1. The lowest BCUT2D eigenvalue weighted by Gasteiger charge is -2.13. The van der Waals surface area contributed by atoms with Gasteiger partial charge in [0, 0.05) is 0 Å². The van der Waals surface area contributed by atoms with E-state index in [1.807, 2.05) is 28.8 Å². The van der Waals surface area contributed by atoms with Gasteiger partial charge in [0.2, 0.25) is 0 Å². The third-order valence-corrected chi connectivity index (χ3v) is 3.20. The number of benzene rings is 2. The number of rotatable bonds is 5. The Morgan fingerprint density at radius 2 is 1.90 bits per heavy atom. The molecule has 0 amide bonds. The van der Waals surface area contributed by atoms with Crippen LogP contribution in [0.15, 0.2) is 54.9 Å². The van der Waals surface area contributed by atoms with Crippen LogP contribution >= 0.6 is 0 Å². The zero-order chi connectivity index (χ0) is 14.7. The van der Waals surface area contributed by atoms with Crippen LogP contribution in [0.1, 0.15) is 0 Å². The monoisotopic (exact) mass is 286 g/mol. The second-order valence-corrected chi connectivity index (χ2v) is 4.78. The maximum Gasteiger partial charge on any atom is 0.165 e. The molecule has 5 heteroatoms. The molecule has 0 aliphatic heterocycles. The van der Waals surface area contributed by atoms with Crippen LogP contribution in [-0.4, -0.2) is 27.4 Å². The Kier molecular flexibility index (Phi) is 3.83. The van der Waals surface area contributed by atoms with Crippen LogP contribution in [0.3, 0.4) is 0 Å². The second kappa shape index (κ2) is 5.93. The summed E-state index contributed by atoms with van der Waals surface area (Å²) in [5.41, 5.74) is 1.82. The van der Waals surface area contributed by atoms with Gasteiger partial charge in [0.25, 0.3) is 0 Å². The zero-order valence-corrected chi connectivity index (χ0v) is 11.3. The van der Waals surface area contributed by atoms with E-state index in [-0.39, 0.29) is 12.4 Å². The van der Waals surface area contributed by atoms with Crippen molar-refractivity contribution in [3.63, 3.8) is 0 Å². The molecule has 0 aliphatic carbocycles. The van der Waals surface area contributed by atoms with Gasteiger partial charge < -0.3 is 14.4 Å². The molecule has 3 rings (SSSR count). The first-order valence-corrected chi connectivity index (χ1v) is 6.69. The number of para-hydroxylation sites is 3. The van der Waals surface area contributed by atoms with Crippen molar-refractivity contribution >= 4 is 11.0 Å². The quantitative estimate of drug-likeness (QED) is 0.784. The highest BCUT2D eigenvalue weighted by Crippen LogP contribution is 2.16. The highest BCUT2D eigenvalue weighted by atomic mass is 19.1. The van der Waals surface area contributed by atoms with Gasteiger partial charge in [-0.05, 0) is 24.3 Å². The molecule has 21 heavy (non-hydrogen) atoms. The summed E-state index contributed by atoms with van der Waals surface area (Å²) in [6.07, 6.45) is 0.930. The van der Waals surface area contributed by atoms with E-state index in [4.69, 9.17) is 4.74 Å². The van der Waals surface area contributed by atoms with Crippen molar-refractivity contribution in [2.75, 3.05) is 6.61 Å². The van der Waals surface area contributed by atoms with Crippen LogP contribution in [0.25, 0.3) is 11.0 Å². The SMILES string of the molecule is O[C@H](COc1ccccc1F)Cn1cnc2ccccc21. The fraction of sp³-hybridized carbons (Fsp3) is 0.188. The largest absolute Gasteiger partial charge is 0.488 e. The normalized spacial score (nSPS) is 12.5. The van der Waals surface area contributed by atoms with Crippen molar-refractivity contribution in [2.45, 2.75) is 12.6 Å². The van der Waals surface area contributed by atoms with Crippen molar-refractivity contribution in [2.24, 2.45) is 0 Å². The maximum absolute atomic E-state index is 13.4. The molecule has 108 valence electrons. The smallest absolute Gasteiger partial charge is 0.165 e. The van der Waals surface area contributed by atoms with Crippen molar-refractivity contribution in [1.82, 2.24) is 9.55 Å². The minimum absolute atomic E-state index is 0.0213. The second-order valence-electron chi connectivity index (χ2n) is 4.78. The Balaban J connectivity index is 1.64. The van der Waals surface area contributed by atoms with Gasteiger partial charge >= 0.3 is 0 Å². The molecule has 1 N–H and O–H groups in total. The zero-order valence-electron chi connectivity index (χ0n) is 11.3. The van der Waals surface area contributed by atoms with Gasteiger partial charge in [-0.3, -0.25) is 0 Å². The van der Waals surface area contributed by atoms with Gasteiger partial charge in [0.15, 0.2) is 11.6 Å². The molecule has 0 aliphatic rings. The van der Waals surface area contributed by atoms with Gasteiger partial charge in [-0.2, -0.15) is 0 Å². The first-order chi connectivity index (χ1) is 10.2. The van der Waals surface area contributed by atoms with Crippen LogP contribution in [0.4, 0.5) is 4.39 Å². The maximum atomic E-state index is 13.4. The molecule has 1 heterocycles. The summed E-state index contributed by atoms with van der Waals surface area (Å²) in [7, 11) is 0. The fourth-order valence-corrected chi connectivity index (χ4v) is 2.18. The Hall–Kier alpha value is -2.40. The summed E-state index contributed by atoms with van der Waals surface area (Å²) in [6.45, 7) is 0.363. The molecule has 4 nitrogen and oxygen atoms in total. The summed E-state index contributed by atoms with van der Waals surface area (Å²) in [6, 6.07) is 13.8. The minimum atomic E-state index is -0.748. The molecule has 2 aromatic carbocycles. The lowest BCUT2D eigenvalue weighted by Crippen LogP contribution is -2.23. The van der Waals surface area contributed by atoms with Crippen LogP contribution in [-0.2, 0) is 6.54 Å². The average Bonchev–Trinajstić information content (AvgIpc) is 2.90. The fourth-order valence-electron chi connectivity index (χ4n) is 2.18. The summed E-state index contributed by atoms with van der Waals surface area (Å²) >= 11 is 0. The Bertz CT molecular complexity index is 742. The van der Waals surface area contributed by atoms with Crippen molar-refractivity contribution < 1.29 is 14.2 Å². The number of aliphatic hydroxyl groups excluding tert-OH is 1. The van der Waals surface area contributed by atoms with Gasteiger partial charge in [0.1, 0.15) is 12.7 Å². The van der Waals surface area contributed by atoms with Crippen molar-refractivity contribution in [3.8, 4) is 5.75 Å². The molecule has 3 aromatic rings. The molecule has 1 aromatic heterocycles. The number of ether oxygens (including phenoxy) is 1. The predicted molar refractivity (Wildman–Crippen MR) is 77.6 cm³/mol. The van der Waals surface area contributed by atoms with Crippen molar-refractivity contribution in [1.29, 1.82) is 0 Å². The Labute approximate surface area is 121 Å². The molecule has 1 atom stereocenters.